The van der Waals surface area contributed by atoms with Crippen molar-refractivity contribution in [3.8, 4) is 6.07 Å². The molecule has 1 aliphatic heterocycles. The second-order valence-electron chi connectivity index (χ2n) is 5.75. The van der Waals surface area contributed by atoms with Crippen molar-refractivity contribution in [3.05, 3.63) is 59.7 Å². The summed E-state index contributed by atoms with van der Waals surface area (Å²) in [6.07, 6.45) is 0. The van der Waals surface area contributed by atoms with Crippen molar-refractivity contribution in [1.82, 2.24) is 9.55 Å². The van der Waals surface area contributed by atoms with Gasteiger partial charge in [-0.2, -0.15) is 5.26 Å². The molecule has 1 aliphatic rings. The van der Waals surface area contributed by atoms with E-state index in [4.69, 9.17) is 0 Å². The standard InChI is InChI=1S/C18H14N4O/c1-11-6-8-12(9-7-11)16-13(10-19)17(23)21-18-20-14-4-2-3-5-15(14)22(16)18/h2-9,13,16H,1H3,(H,20,21,23)/t13-,16+/m1/s1. The Morgan fingerprint density at radius 2 is 1.91 bits per heavy atom. The zero-order valence-corrected chi connectivity index (χ0v) is 12.5. The Hall–Kier alpha value is -3.13. The molecule has 3 aromatic rings. The van der Waals surface area contributed by atoms with Gasteiger partial charge in [-0.3, -0.25) is 10.1 Å². The first kappa shape index (κ1) is 13.5. The van der Waals surface area contributed by atoms with Crippen molar-refractivity contribution in [2.24, 2.45) is 5.92 Å². The molecule has 1 N–H and O–H groups in total. The third-order valence-electron chi connectivity index (χ3n) is 4.27. The van der Waals surface area contributed by atoms with Crippen molar-refractivity contribution in [2.75, 3.05) is 5.32 Å². The highest BCUT2D eigenvalue weighted by Crippen LogP contribution is 2.37. The molecule has 1 aromatic heterocycles. The highest BCUT2D eigenvalue weighted by Gasteiger charge is 2.38. The van der Waals surface area contributed by atoms with E-state index in [0.29, 0.717) is 5.95 Å². The fraction of sp³-hybridized carbons (Fsp3) is 0.167. The molecule has 2 atom stereocenters. The van der Waals surface area contributed by atoms with Gasteiger partial charge in [0.2, 0.25) is 11.9 Å². The van der Waals surface area contributed by atoms with E-state index in [1.807, 2.05) is 60.0 Å². The van der Waals surface area contributed by atoms with Crippen molar-refractivity contribution in [3.63, 3.8) is 0 Å². The number of carbonyl (C=O) groups excluding carboxylic acids is 1. The number of rotatable bonds is 1. The number of carbonyl (C=O) groups is 1. The minimum Gasteiger partial charge on any atom is -0.300 e. The summed E-state index contributed by atoms with van der Waals surface area (Å²) >= 11 is 0. The smallest absolute Gasteiger partial charge is 0.246 e. The fourth-order valence-electron chi connectivity index (χ4n) is 3.13. The summed E-state index contributed by atoms with van der Waals surface area (Å²) in [7, 11) is 0. The maximum absolute atomic E-state index is 12.3. The molecular formula is C18H14N4O. The van der Waals surface area contributed by atoms with Gasteiger partial charge in [-0.25, -0.2) is 4.98 Å². The number of aryl methyl sites for hydroxylation is 1. The molecule has 4 rings (SSSR count). The summed E-state index contributed by atoms with van der Waals surface area (Å²) < 4.78 is 1.95. The van der Waals surface area contributed by atoms with Crippen LogP contribution < -0.4 is 5.32 Å². The van der Waals surface area contributed by atoms with Crippen LogP contribution in [0.15, 0.2) is 48.5 Å². The third kappa shape index (κ3) is 2.00. The predicted octanol–water partition coefficient (Wildman–Crippen LogP) is 3.03. The number of nitrogens with one attached hydrogen (secondary N) is 1. The summed E-state index contributed by atoms with van der Waals surface area (Å²) in [6, 6.07) is 17.4. The van der Waals surface area contributed by atoms with Crippen molar-refractivity contribution >= 4 is 22.9 Å². The van der Waals surface area contributed by atoms with Gasteiger partial charge in [0.15, 0.2) is 5.92 Å². The number of imidazole rings is 1. The van der Waals surface area contributed by atoms with Gasteiger partial charge in [0.05, 0.1) is 23.1 Å². The van der Waals surface area contributed by atoms with Crippen LogP contribution >= 0.6 is 0 Å². The van der Waals surface area contributed by atoms with Crippen LogP contribution in [0, 0.1) is 24.2 Å². The van der Waals surface area contributed by atoms with Crippen molar-refractivity contribution in [2.45, 2.75) is 13.0 Å². The summed E-state index contributed by atoms with van der Waals surface area (Å²) in [5, 5.41) is 12.3. The van der Waals surface area contributed by atoms with E-state index in [-0.39, 0.29) is 11.9 Å². The molecular weight excluding hydrogens is 288 g/mol. The Labute approximate surface area is 133 Å². The van der Waals surface area contributed by atoms with E-state index in [9.17, 15) is 10.1 Å². The average Bonchev–Trinajstić information content (AvgIpc) is 2.92. The molecule has 0 aliphatic carbocycles. The maximum Gasteiger partial charge on any atom is 0.246 e. The Bertz CT molecular complexity index is 949. The lowest BCUT2D eigenvalue weighted by Gasteiger charge is -2.30. The van der Waals surface area contributed by atoms with Crippen LogP contribution in [-0.4, -0.2) is 15.5 Å². The second-order valence-corrected chi connectivity index (χ2v) is 5.75. The minimum absolute atomic E-state index is 0.305. The van der Waals surface area contributed by atoms with Crippen LogP contribution in [0.4, 0.5) is 5.95 Å². The molecule has 0 saturated heterocycles. The molecule has 0 bridgehead atoms. The Morgan fingerprint density at radius 1 is 1.17 bits per heavy atom. The topological polar surface area (TPSA) is 70.7 Å². The Kier molecular flexibility index (Phi) is 2.91. The van der Waals surface area contributed by atoms with Crippen molar-refractivity contribution < 1.29 is 4.79 Å². The lowest BCUT2D eigenvalue weighted by atomic mass is 9.91. The molecule has 0 radical (unpaired) electrons. The van der Waals surface area contributed by atoms with Gasteiger partial charge in [0.25, 0.3) is 0 Å². The van der Waals surface area contributed by atoms with Crippen LogP contribution in [0.25, 0.3) is 11.0 Å². The van der Waals surface area contributed by atoms with Crippen LogP contribution in [0.2, 0.25) is 0 Å². The molecule has 23 heavy (non-hydrogen) atoms. The number of hydrogen-bond donors (Lipinski definition) is 1. The van der Waals surface area contributed by atoms with Gasteiger partial charge in [-0.05, 0) is 24.6 Å². The molecule has 112 valence electrons. The minimum atomic E-state index is -0.789. The van der Waals surface area contributed by atoms with Gasteiger partial charge >= 0.3 is 0 Å². The number of nitriles is 1. The zero-order chi connectivity index (χ0) is 16.0. The molecule has 2 heterocycles. The van der Waals surface area contributed by atoms with E-state index in [0.717, 1.165) is 22.2 Å². The lowest BCUT2D eigenvalue weighted by Crippen LogP contribution is -2.37. The van der Waals surface area contributed by atoms with E-state index >= 15 is 0 Å². The predicted molar refractivity (Wildman–Crippen MR) is 86.8 cm³/mol. The fourth-order valence-corrected chi connectivity index (χ4v) is 3.13. The first-order valence-electron chi connectivity index (χ1n) is 7.43. The number of nitrogens with zero attached hydrogens (tertiary/aromatic N) is 3. The molecule has 2 aromatic carbocycles. The van der Waals surface area contributed by atoms with E-state index in [1.54, 1.807) is 0 Å². The second kappa shape index (κ2) is 4.96. The molecule has 0 saturated carbocycles. The molecule has 0 fully saturated rings. The van der Waals surface area contributed by atoms with Gasteiger partial charge in [-0.1, -0.05) is 42.0 Å². The third-order valence-corrected chi connectivity index (χ3v) is 4.27. The average molecular weight is 302 g/mol. The number of anilines is 1. The van der Waals surface area contributed by atoms with Crippen LogP contribution in [0.5, 0.6) is 0 Å². The van der Waals surface area contributed by atoms with Gasteiger partial charge in [0.1, 0.15) is 0 Å². The van der Waals surface area contributed by atoms with Gasteiger partial charge < -0.3 is 4.57 Å². The van der Waals surface area contributed by atoms with Crippen LogP contribution in [0.1, 0.15) is 17.2 Å². The zero-order valence-electron chi connectivity index (χ0n) is 12.5. The van der Waals surface area contributed by atoms with E-state index in [1.165, 1.54) is 0 Å². The number of fused-ring (bicyclic) bond motifs is 3. The largest absolute Gasteiger partial charge is 0.300 e. The monoisotopic (exact) mass is 302 g/mol. The molecule has 0 spiro atoms. The highest BCUT2D eigenvalue weighted by atomic mass is 16.2. The number of hydrogen-bond acceptors (Lipinski definition) is 3. The maximum atomic E-state index is 12.3. The first-order valence-corrected chi connectivity index (χ1v) is 7.43. The van der Waals surface area contributed by atoms with Crippen LogP contribution in [-0.2, 0) is 4.79 Å². The quantitative estimate of drug-likeness (QED) is 0.751. The van der Waals surface area contributed by atoms with Gasteiger partial charge in [0, 0.05) is 0 Å². The summed E-state index contributed by atoms with van der Waals surface area (Å²) in [5.41, 5.74) is 3.78. The Balaban J connectivity index is 2.00. The van der Waals surface area contributed by atoms with E-state index < -0.39 is 5.92 Å². The number of benzene rings is 2. The van der Waals surface area contributed by atoms with E-state index in [2.05, 4.69) is 16.4 Å². The number of amides is 1. The molecule has 5 nitrogen and oxygen atoms in total. The summed E-state index contributed by atoms with van der Waals surface area (Å²) in [5.74, 6) is -0.600. The highest BCUT2D eigenvalue weighted by molar-refractivity contribution is 5.97. The summed E-state index contributed by atoms with van der Waals surface area (Å²) in [6.45, 7) is 2.01. The molecule has 0 unspecified atom stereocenters. The number of aromatic nitrogens is 2. The normalized spacial score (nSPS) is 19.9. The Morgan fingerprint density at radius 3 is 2.65 bits per heavy atom. The molecule has 5 heteroatoms. The lowest BCUT2D eigenvalue weighted by molar-refractivity contribution is -0.119. The molecule has 1 amide bonds. The summed E-state index contributed by atoms with van der Waals surface area (Å²) in [4.78, 5) is 16.8. The SMILES string of the molecule is Cc1ccc([C@H]2[C@@H](C#N)C(=O)Nc3nc4ccccc4n32)cc1. The van der Waals surface area contributed by atoms with Gasteiger partial charge in [-0.15, -0.1) is 0 Å². The number of para-hydroxylation sites is 2. The van der Waals surface area contributed by atoms with Crippen molar-refractivity contribution in [1.29, 1.82) is 5.26 Å². The van der Waals surface area contributed by atoms with Crippen LogP contribution in [0.3, 0.4) is 0 Å². The first-order chi connectivity index (χ1) is 11.2.